The molecule has 4 aromatic rings. The summed E-state index contributed by atoms with van der Waals surface area (Å²) in [5.74, 6) is 2.55. The van der Waals surface area contributed by atoms with Crippen molar-refractivity contribution in [3.05, 3.63) is 36.3 Å². The minimum absolute atomic E-state index is 0.217. The predicted octanol–water partition coefficient (Wildman–Crippen LogP) is 4.29. The lowest BCUT2D eigenvalue weighted by molar-refractivity contribution is 0.665. The molecule has 0 aliphatic heterocycles. The zero-order valence-corrected chi connectivity index (χ0v) is 18.3. The van der Waals surface area contributed by atoms with Gasteiger partial charge in [-0.15, -0.1) is 10.2 Å². The van der Waals surface area contributed by atoms with E-state index >= 15 is 0 Å². The van der Waals surface area contributed by atoms with E-state index in [0.29, 0.717) is 17.1 Å². The van der Waals surface area contributed by atoms with Crippen LogP contribution in [0.4, 0.5) is 5.95 Å². The third kappa shape index (κ3) is 3.43. The number of nitrogens with zero attached hydrogens (tertiary/aromatic N) is 7. The van der Waals surface area contributed by atoms with Gasteiger partial charge in [-0.1, -0.05) is 32.0 Å². The Balaban J connectivity index is 1.57. The number of H-pyrrole nitrogens is 1. The molecule has 5 rings (SSSR count). The summed E-state index contributed by atoms with van der Waals surface area (Å²) in [6, 6.07) is 8.70. The standard InChI is InChI=1S/C21H24N8S/c1-12(2)17-23-19(28(3)4)25-20(24-17)30-21-27-26-18(29(21)13-9-10-13)15-11-22-16-8-6-5-7-14(15)16/h5-8,11-13,22H,9-10H2,1-4H3. The lowest BCUT2D eigenvalue weighted by atomic mass is 10.1. The van der Waals surface area contributed by atoms with E-state index in [1.807, 2.05) is 37.3 Å². The van der Waals surface area contributed by atoms with Crippen molar-refractivity contribution in [2.75, 3.05) is 19.0 Å². The molecule has 154 valence electrons. The quantitative estimate of drug-likeness (QED) is 0.498. The third-order valence-electron chi connectivity index (χ3n) is 5.13. The monoisotopic (exact) mass is 420 g/mol. The number of hydrogen-bond donors (Lipinski definition) is 1. The first-order valence-corrected chi connectivity index (χ1v) is 11.0. The summed E-state index contributed by atoms with van der Waals surface area (Å²) in [6.07, 6.45) is 4.29. The molecular weight excluding hydrogens is 396 g/mol. The fraction of sp³-hybridized carbons (Fsp3) is 0.381. The fourth-order valence-electron chi connectivity index (χ4n) is 3.40. The highest BCUT2D eigenvalue weighted by molar-refractivity contribution is 7.99. The minimum atomic E-state index is 0.217. The summed E-state index contributed by atoms with van der Waals surface area (Å²) in [5, 5.41) is 11.7. The Morgan fingerprint density at radius 2 is 1.90 bits per heavy atom. The molecular formula is C21H24N8S. The molecule has 8 nitrogen and oxygen atoms in total. The van der Waals surface area contributed by atoms with Crippen molar-refractivity contribution in [3.63, 3.8) is 0 Å². The molecule has 30 heavy (non-hydrogen) atoms. The maximum atomic E-state index is 4.68. The molecule has 1 N–H and O–H groups in total. The molecule has 1 aliphatic rings. The van der Waals surface area contributed by atoms with Gasteiger partial charge in [-0.05, 0) is 30.7 Å². The Kier molecular flexibility index (Phi) is 4.69. The summed E-state index contributed by atoms with van der Waals surface area (Å²) in [7, 11) is 3.88. The number of anilines is 1. The number of para-hydroxylation sites is 1. The number of hydrogen-bond acceptors (Lipinski definition) is 7. The Morgan fingerprint density at radius 1 is 1.10 bits per heavy atom. The minimum Gasteiger partial charge on any atom is -0.360 e. The maximum Gasteiger partial charge on any atom is 0.229 e. The topological polar surface area (TPSA) is 88.4 Å². The van der Waals surface area contributed by atoms with Gasteiger partial charge in [-0.3, -0.25) is 4.57 Å². The molecule has 0 atom stereocenters. The third-order valence-corrected chi connectivity index (χ3v) is 5.95. The molecule has 3 aromatic heterocycles. The molecule has 9 heteroatoms. The van der Waals surface area contributed by atoms with Gasteiger partial charge in [0.1, 0.15) is 5.82 Å². The second-order valence-corrected chi connectivity index (χ2v) is 9.02. The van der Waals surface area contributed by atoms with Crippen LogP contribution in [0.3, 0.4) is 0 Å². The molecule has 0 radical (unpaired) electrons. The van der Waals surface area contributed by atoms with Crippen LogP contribution >= 0.6 is 11.8 Å². The lowest BCUT2D eigenvalue weighted by Crippen LogP contribution is -2.16. The van der Waals surface area contributed by atoms with Crippen LogP contribution in [0.5, 0.6) is 0 Å². The molecule has 3 heterocycles. The Labute approximate surface area is 179 Å². The van der Waals surface area contributed by atoms with Crippen LogP contribution in [0.2, 0.25) is 0 Å². The largest absolute Gasteiger partial charge is 0.360 e. The second-order valence-electron chi connectivity index (χ2n) is 8.08. The lowest BCUT2D eigenvalue weighted by Gasteiger charge is -2.14. The summed E-state index contributed by atoms with van der Waals surface area (Å²) < 4.78 is 2.24. The maximum absolute atomic E-state index is 4.68. The van der Waals surface area contributed by atoms with Gasteiger partial charge >= 0.3 is 0 Å². The van der Waals surface area contributed by atoms with Crippen molar-refractivity contribution >= 4 is 28.6 Å². The van der Waals surface area contributed by atoms with Crippen molar-refractivity contribution in [2.24, 2.45) is 0 Å². The summed E-state index contributed by atoms with van der Waals surface area (Å²) in [6.45, 7) is 4.18. The van der Waals surface area contributed by atoms with E-state index in [-0.39, 0.29) is 5.92 Å². The van der Waals surface area contributed by atoms with Gasteiger partial charge in [0.25, 0.3) is 0 Å². The summed E-state index contributed by atoms with van der Waals surface area (Å²) >= 11 is 1.46. The molecule has 0 unspecified atom stereocenters. The Hall–Kier alpha value is -2.94. The molecule has 0 saturated heterocycles. The predicted molar refractivity (Wildman–Crippen MR) is 118 cm³/mol. The van der Waals surface area contributed by atoms with Crippen molar-refractivity contribution in [2.45, 2.75) is 49.0 Å². The number of aromatic amines is 1. The fourth-order valence-corrected chi connectivity index (χ4v) is 4.24. The number of fused-ring (bicyclic) bond motifs is 1. The van der Waals surface area contributed by atoms with Crippen LogP contribution in [-0.2, 0) is 0 Å². The van der Waals surface area contributed by atoms with Crippen molar-refractivity contribution in [1.82, 2.24) is 34.7 Å². The molecule has 0 bridgehead atoms. The van der Waals surface area contributed by atoms with Crippen LogP contribution in [0.15, 0.2) is 40.8 Å². The van der Waals surface area contributed by atoms with Gasteiger partial charge in [0.2, 0.25) is 11.1 Å². The normalized spacial score (nSPS) is 14.0. The van der Waals surface area contributed by atoms with E-state index in [1.165, 1.54) is 11.8 Å². The Morgan fingerprint density at radius 3 is 2.63 bits per heavy atom. The molecule has 0 amide bonds. The summed E-state index contributed by atoms with van der Waals surface area (Å²) in [5.41, 5.74) is 2.17. The van der Waals surface area contributed by atoms with E-state index in [9.17, 15) is 0 Å². The smallest absolute Gasteiger partial charge is 0.229 e. The number of nitrogens with one attached hydrogen (secondary N) is 1. The van der Waals surface area contributed by atoms with Gasteiger partial charge in [-0.25, -0.2) is 4.98 Å². The van der Waals surface area contributed by atoms with Crippen LogP contribution in [-0.4, -0.2) is 48.8 Å². The highest BCUT2D eigenvalue weighted by atomic mass is 32.2. The zero-order valence-electron chi connectivity index (χ0n) is 17.5. The van der Waals surface area contributed by atoms with Gasteiger partial charge < -0.3 is 9.88 Å². The molecule has 1 aromatic carbocycles. The first-order valence-electron chi connectivity index (χ1n) is 10.1. The van der Waals surface area contributed by atoms with Crippen LogP contribution in [0.1, 0.15) is 44.5 Å². The van der Waals surface area contributed by atoms with E-state index < -0.39 is 0 Å². The van der Waals surface area contributed by atoms with Crippen LogP contribution in [0, 0.1) is 0 Å². The van der Waals surface area contributed by atoms with Gasteiger partial charge in [0.05, 0.1) is 0 Å². The number of benzene rings is 1. The highest BCUT2D eigenvalue weighted by Crippen LogP contribution is 2.43. The average Bonchev–Trinajstić information content (AvgIpc) is 3.35. The van der Waals surface area contributed by atoms with E-state index in [0.717, 1.165) is 46.1 Å². The number of rotatable bonds is 6. The molecule has 1 saturated carbocycles. The molecule has 0 spiro atoms. The zero-order chi connectivity index (χ0) is 20.8. The highest BCUT2D eigenvalue weighted by Gasteiger charge is 2.31. The van der Waals surface area contributed by atoms with E-state index in [4.69, 9.17) is 0 Å². The molecule has 1 fully saturated rings. The van der Waals surface area contributed by atoms with Crippen LogP contribution in [0.25, 0.3) is 22.3 Å². The SMILES string of the molecule is CC(C)c1nc(Sc2nnc(-c3c[nH]c4ccccc34)n2C2CC2)nc(N(C)C)n1. The van der Waals surface area contributed by atoms with E-state index in [1.54, 1.807) is 0 Å². The van der Waals surface area contributed by atoms with Crippen molar-refractivity contribution < 1.29 is 0 Å². The van der Waals surface area contributed by atoms with E-state index in [2.05, 4.69) is 60.7 Å². The Bertz CT molecular complexity index is 1180. The van der Waals surface area contributed by atoms with Crippen molar-refractivity contribution in [3.8, 4) is 11.4 Å². The van der Waals surface area contributed by atoms with Crippen LogP contribution < -0.4 is 4.90 Å². The number of aromatic nitrogens is 7. The second kappa shape index (κ2) is 7.39. The van der Waals surface area contributed by atoms with Gasteiger partial charge in [-0.2, -0.15) is 9.97 Å². The summed E-state index contributed by atoms with van der Waals surface area (Å²) in [4.78, 5) is 19.1. The first-order chi connectivity index (χ1) is 14.5. The van der Waals surface area contributed by atoms with Gasteiger partial charge in [0.15, 0.2) is 11.0 Å². The van der Waals surface area contributed by atoms with Crippen molar-refractivity contribution in [1.29, 1.82) is 0 Å². The first kappa shape index (κ1) is 19.0. The average molecular weight is 421 g/mol. The molecule has 1 aliphatic carbocycles. The van der Waals surface area contributed by atoms with Gasteiger partial charge in [0, 0.05) is 48.7 Å².